The molecule has 1 aromatic rings. The standard InChI is InChI=1S/C19H25N3O3/c23-17(13-5-2-1-3-6-13)11-14-12-25-10-9-22(14)19(24)18-15-7-4-8-16(15)20-21-18/h1-3,5-6,14-16,18,20-21H,4,7-12H2. The highest BCUT2D eigenvalue weighted by molar-refractivity contribution is 5.96. The number of morpholine rings is 1. The van der Waals surface area contributed by atoms with Gasteiger partial charge in [0, 0.05) is 30.5 Å². The molecule has 0 aromatic heterocycles. The molecule has 2 heterocycles. The lowest BCUT2D eigenvalue weighted by Crippen LogP contribution is -2.56. The summed E-state index contributed by atoms with van der Waals surface area (Å²) in [6.45, 7) is 1.52. The quantitative estimate of drug-likeness (QED) is 0.802. The molecular formula is C19H25N3O3. The minimum absolute atomic E-state index is 0.0603. The topological polar surface area (TPSA) is 70.7 Å². The first kappa shape index (κ1) is 16.7. The molecule has 2 aliphatic heterocycles. The van der Waals surface area contributed by atoms with Gasteiger partial charge in [-0.25, -0.2) is 5.43 Å². The van der Waals surface area contributed by atoms with E-state index in [1.165, 1.54) is 6.42 Å². The van der Waals surface area contributed by atoms with E-state index in [9.17, 15) is 9.59 Å². The zero-order chi connectivity index (χ0) is 17.2. The third kappa shape index (κ3) is 3.34. The molecule has 6 nitrogen and oxygen atoms in total. The molecule has 6 heteroatoms. The van der Waals surface area contributed by atoms with Crippen molar-refractivity contribution in [2.75, 3.05) is 19.8 Å². The number of fused-ring (bicyclic) bond motifs is 1. The fourth-order valence-corrected chi connectivity index (χ4v) is 4.36. The van der Waals surface area contributed by atoms with Crippen LogP contribution in [0.1, 0.15) is 36.0 Å². The van der Waals surface area contributed by atoms with Gasteiger partial charge in [-0.1, -0.05) is 36.8 Å². The minimum atomic E-state index is -0.184. The second-order valence-corrected chi connectivity index (χ2v) is 7.22. The second kappa shape index (κ2) is 7.23. The maximum atomic E-state index is 13.1. The summed E-state index contributed by atoms with van der Waals surface area (Å²) in [6, 6.07) is 9.31. The number of carbonyl (C=O) groups excluding carboxylic acids is 2. The predicted octanol–water partition coefficient (Wildman–Crippen LogP) is 1.13. The summed E-state index contributed by atoms with van der Waals surface area (Å²) in [4.78, 5) is 27.6. The van der Waals surface area contributed by atoms with Crippen molar-refractivity contribution in [3.63, 3.8) is 0 Å². The van der Waals surface area contributed by atoms with Crippen LogP contribution in [-0.2, 0) is 9.53 Å². The van der Waals surface area contributed by atoms with Crippen LogP contribution in [0, 0.1) is 5.92 Å². The van der Waals surface area contributed by atoms with Crippen LogP contribution in [0.25, 0.3) is 0 Å². The molecule has 4 atom stereocenters. The lowest BCUT2D eigenvalue weighted by molar-refractivity contribution is -0.142. The lowest BCUT2D eigenvalue weighted by atomic mass is 9.94. The first-order valence-corrected chi connectivity index (χ1v) is 9.21. The fraction of sp³-hybridized carbons (Fsp3) is 0.579. The van der Waals surface area contributed by atoms with Gasteiger partial charge in [-0.3, -0.25) is 15.0 Å². The van der Waals surface area contributed by atoms with E-state index in [1.54, 1.807) is 0 Å². The first-order valence-electron chi connectivity index (χ1n) is 9.21. The normalized spacial score (nSPS) is 31.8. The average Bonchev–Trinajstić information content (AvgIpc) is 3.26. The smallest absolute Gasteiger partial charge is 0.241 e. The van der Waals surface area contributed by atoms with Crippen LogP contribution in [0.15, 0.2) is 30.3 Å². The van der Waals surface area contributed by atoms with E-state index in [4.69, 9.17) is 4.74 Å². The van der Waals surface area contributed by atoms with Crippen LogP contribution in [0.3, 0.4) is 0 Å². The average molecular weight is 343 g/mol. The Bertz CT molecular complexity index is 636. The number of carbonyl (C=O) groups is 2. The van der Waals surface area contributed by atoms with Gasteiger partial charge in [0.15, 0.2) is 5.78 Å². The molecule has 134 valence electrons. The van der Waals surface area contributed by atoms with Crippen molar-refractivity contribution in [3.8, 4) is 0 Å². The number of benzene rings is 1. The fourth-order valence-electron chi connectivity index (χ4n) is 4.36. The van der Waals surface area contributed by atoms with Gasteiger partial charge < -0.3 is 9.64 Å². The van der Waals surface area contributed by atoms with Gasteiger partial charge in [-0.05, 0) is 12.8 Å². The highest BCUT2D eigenvalue weighted by atomic mass is 16.5. The summed E-state index contributed by atoms with van der Waals surface area (Å²) in [5.74, 6) is 0.530. The highest BCUT2D eigenvalue weighted by Crippen LogP contribution is 2.32. The maximum Gasteiger partial charge on any atom is 0.241 e. The maximum absolute atomic E-state index is 13.1. The zero-order valence-corrected chi connectivity index (χ0v) is 14.3. The summed E-state index contributed by atoms with van der Waals surface area (Å²) in [6.07, 6.45) is 3.69. The minimum Gasteiger partial charge on any atom is -0.377 e. The molecule has 0 radical (unpaired) electrons. The van der Waals surface area contributed by atoms with Crippen LogP contribution in [-0.4, -0.2) is 54.5 Å². The van der Waals surface area contributed by atoms with Crippen molar-refractivity contribution < 1.29 is 14.3 Å². The Balaban J connectivity index is 1.45. The van der Waals surface area contributed by atoms with Crippen LogP contribution in [0.2, 0.25) is 0 Å². The van der Waals surface area contributed by atoms with Gasteiger partial charge in [0.2, 0.25) is 5.91 Å². The molecule has 25 heavy (non-hydrogen) atoms. The number of nitrogens with one attached hydrogen (secondary N) is 2. The molecule has 0 bridgehead atoms. The summed E-state index contributed by atoms with van der Waals surface area (Å²) in [5, 5.41) is 0. The van der Waals surface area contributed by atoms with Crippen molar-refractivity contribution >= 4 is 11.7 Å². The number of Topliss-reactive ketones (excluding diaryl/α,β-unsaturated/α-hetero) is 1. The van der Waals surface area contributed by atoms with Gasteiger partial charge >= 0.3 is 0 Å². The summed E-state index contributed by atoms with van der Waals surface area (Å²) >= 11 is 0. The van der Waals surface area contributed by atoms with Gasteiger partial charge in [-0.15, -0.1) is 0 Å². The SMILES string of the molecule is O=C(CC1COCCN1C(=O)C1NNC2CCCC21)c1ccccc1. The molecule has 3 fully saturated rings. The number of hydrazine groups is 1. The molecule has 3 aliphatic rings. The number of hydrogen-bond donors (Lipinski definition) is 2. The third-order valence-corrected chi connectivity index (χ3v) is 5.72. The number of amides is 1. The number of nitrogens with zero attached hydrogens (tertiary/aromatic N) is 1. The number of rotatable bonds is 4. The Morgan fingerprint density at radius 3 is 2.84 bits per heavy atom. The Labute approximate surface area is 147 Å². The van der Waals surface area contributed by atoms with E-state index < -0.39 is 0 Å². The molecule has 1 amide bonds. The van der Waals surface area contributed by atoms with Gasteiger partial charge in [0.1, 0.15) is 6.04 Å². The van der Waals surface area contributed by atoms with Crippen LogP contribution in [0.4, 0.5) is 0 Å². The molecule has 1 aromatic carbocycles. The first-order chi connectivity index (χ1) is 12.2. The van der Waals surface area contributed by atoms with E-state index >= 15 is 0 Å². The Hall–Kier alpha value is -1.76. The van der Waals surface area contributed by atoms with Crippen LogP contribution >= 0.6 is 0 Å². The van der Waals surface area contributed by atoms with Crippen molar-refractivity contribution in [3.05, 3.63) is 35.9 Å². The van der Waals surface area contributed by atoms with E-state index in [1.807, 2.05) is 35.2 Å². The number of ether oxygens (including phenoxy) is 1. The summed E-state index contributed by atoms with van der Waals surface area (Å²) < 4.78 is 5.57. The summed E-state index contributed by atoms with van der Waals surface area (Å²) in [5.41, 5.74) is 7.16. The number of hydrogen-bond acceptors (Lipinski definition) is 5. The van der Waals surface area contributed by atoms with Gasteiger partial charge in [0.25, 0.3) is 0 Å². The highest BCUT2D eigenvalue weighted by Gasteiger charge is 2.45. The third-order valence-electron chi connectivity index (χ3n) is 5.72. The molecule has 4 unspecified atom stereocenters. The van der Waals surface area contributed by atoms with Crippen molar-refractivity contribution in [2.24, 2.45) is 5.92 Å². The van der Waals surface area contributed by atoms with E-state index in [-0.39, 0.29) is 23.8 Å². The second-order valence-electron chi connectivity index (χ2n) is 7.22. The van der Waals surface area contributed by atoms with E-state index in [0.29, 0.717) is 43.7 Å². The molecular weight excluding hydrogens is 318 g/mol. The van der Waals surface area contributed by atoms with Gasteiger partial charge in [0.05, 0.1) is 19.3 Å². The lowest BCUT2D eigenvalue weighted by Gasteiger charge is -2.37. The molecule has 1 aliphatic carbocycles. The monoisotopic (exact) mass is 343 g/mol. The predicted molar refractivity (Wildman–Crippen MR) is 92.9 cm³/mol. The van der Waals surface area contributed by atoms with Crippen LogP contribution < -0.4 is 10.9 Å². The molecule has 2 saturated heterocycles. The Kier molecular flexibility index (Phi) is 4.83. The molecule has 4 rings (SSSR count). The van der Waals surface area contributed by atoms with Crippen molar-refractivity contribution in [1.29, 1.82) is 0 Å². The van der Waals surface area contributed by atoms with E-state index in [2.05, 4.69) is 10.9 Å². The van der Waals surface area contributed by atoms with Crippen molar-refractivity contribution in [2.45, 2.75) is 43.8 Å². The number of ketones is 1. The van der Waals surface area contributed by atoms with E-state index in [0.717, 1.165) is 12.8 Å². The largest absolute Gasteiger partial charge is 0.377 e. The Morgan fingerprint density at radius 2 is 2.00 bits per heavy atom. The molecule has 0 spiro atoms. The zero-order valence-electron chi connectivity index (χ0n) is 14.3. The Morgan fingerprint density at radius 1 is 1.16 bits per heavy atom. The summed E-state index contributed by atoms with van der Waals surface area (Å²) in [7, 11) is 0. The molecule has 2 N–H and O–H groups in total. The van der Waals surface area contributed by atoms with Crippen LogP contribution in [0.5, 0.6) is 0 Å². The van der Waals surface area contributed by atoms with Gasteiger partial charge in [-0.2, -0.15) is 0 Å². The molecule has 1 saturated carbocycles. The van der Waals surface area contributed by atoms with Crippen molar-refractivity contribution in [1.82, 2.24) is 15.8 Å².